The lowest BCUT2D eigenvalue weighted by Crippen LogP contribution is -2.40. The molecule has 0 bridgehead atoms. The Hall–Kier alpha value is -2.06. The lowest BCUT2D eigenvalue weighted by molar-refractivity contribution is -0.138. The standard InChI is InChI=1S/C21H22BrF3N2O2/c1-20(2)11-27(3)10-13-14(20)6-7-16(18(13)22)26-19(28)12-5-8-17(29-4)15(9-12)21(23,24)25/h5-9H,10-11H2,1-4H3,(H,26,28). The van der Waals surface area contributed by atoms with E-state index in [1.165, 1.54) is 11.6 Å². The van der Waals surface area contributed by atoms with E-state index < -0.39 is 17.6 Å². The normalized spacial score (nSPS) is 16.3. The molecule has 0 aromatic heterocycles. The molecule has 0 atom stereocenters. The SMILES string of the molecule is COc1ccc(C(=O)Nc2ccc3c(c2Br)CN(C)CC3(C)C)cc1C(F)(F)F. The molecule has 3 rings (SSSR count). The number of hydrogen-bond acceptors (Lipinski definition) is 3. The molecule has 1 aliphatic rings. The molecule has 1 heterocycles. The van der Waals surface area contributed by atoms with E-state index >= 15 is 0 Å². The summed E-state index contributed by atoms with van der Waals surface area (Å²) in [6, 6.07) is 7.01. The summed E-state index contributed by atoms with van der Waals surface area (Å²) in [5, 5.41) is 2.72. The van der Waals surface area contributed by atoms with Crippen molar-refractivity contribution in [2.24, 2.45) is 0 Å². The van der Waals surface area contributed by atoms with Crippen molar-refractivity contribution in [2.45, 2.75) is 32.0 Å². The Morgan fingerprint density at radius 2 is 1.93 bits per heavy atom. The van der Waals surface area contributed by atoms with Gasteiger partial charge in [0.25, 0.3) is 5.91 Å². The number of nitrogens with one attached hydrogen (secondary N) is 1. The second kappa shape index (κ2) is 7.65. The van der Waals surface area contributed by atoms with Gasteiger partial charge in [0, 0.05) is 28.5 Å². The van der Waals surface area contributed by atoms with Gasteiger partial charge in [-0.15, -0.1) is 0 Å². The number of nitrogens with zero attached hydrogens (tertiary/aromatic N) is 1. The molecular formula is C21H22BrF3N2O2. The summed E-state index contributed by atoms with van der Waals surface area (Å²) >= 11 is 3.57. The Morgan fingerprint density at radius 1 is 1.24 bits per heavy atom. The number of carbonyl (C=O) groups excluding carboxylic acids is 1. The van der Waals surface area contributed by atoms with Crippen molar-refractivity contribution < 1.29 is 22.7 Å². The monoisotopic (exact) mass is 470 g/mol. The predicted molar refractivity (Wildman–Crippen MR) is 109 cm³/mol. The largest absolute Gasteiger partial charge is 0.496 e. The first-order chi connectivity index (χ1) is 13.4. The zero-order valence-electron chi connectivity index (χ0n) is 16.6. The van der Waals surface area contributed by atoms with Gasteiger partial charge < -0.3 is 15.0 Å². The maximum absolute atomic E-state index is 13.2. The molecule has 2 aromatic carbocycles. The molecule has 0 unspecified atom stereocenters. The van der Waals surface area contributed by atoms with E-state index in [9.17, 15) is 18.0 Å². The molecule has 0 spiro atoms. The number of methoxy groups -OCH3 is 1. The summed E-state index contributed by atoms with van der Waals surface area (Å²) in [4.78, 5) is 14.8. The maximum Gasteiger partial charge on any atom is 0.419 e. The topological polar surface area (TPSA) is 41.6 Å². The fourth-order valence-corrected chi connectivity index (χ4v) is 4.43. The van der Waals surface area contributed by atoms with Gasteiger partial charge in [-0.25, -0.2) is 0 Å². The Bertz CT molecular complexity index is 958. The number of likely N-dealkylation sites (N-methyl/N-ethyl adjacent to an activating group) is 1. The summed E-state index contributed by atoms with van der Waals surface area (Å²) in [7, 11) is 3.19. The minimum atomic E-state index is -4.62. The van der Waals surface area contributed by atoms with Gasteiger partial charge in [-0.05, 0) is 58.4 Å². The van der Waals surface area contributed by atoms with Crippen LogP contribution < -0.4 is 10.1 Å². The highest BCUT2D eigenvalue weighted by Gasteiger charge is 2.35. The van der Waals surface area contributed by atoms with Crippen LogP contribution in [0, 0.1) is 0 Å². The first-order valence-electron chi connectivity index (χ1n) is 9.01. The summed E-state index contributed by atoms with van der Waals surface area (Å²) < 4.78 is 45.2. The highest BCUT2D eigenvalue weighted by Crippen LogP contribution is 2.40. The van der Waals surface area contributed by atoms with E-state index in [1.807, 2.05) is 13.1 Å². The van der Waals surface area contributed by atoms with Crippen LogP contribution in [0.4, 0.5) is 18.9 Å². The quantitative estimate of drug-likeness (QED) is 0.648. The van der Waals surface area contributed by atoms with Gasteiger partial charge in [-0.3, -0.25) is 4.79 Å². The molecule has 1 N–H and O–H groups in total. The van der Waals surface area contributed by atoms with Crippen molar-refractivity contribution in [1.82, 2.24) is 4.90 Å². The van der Waals surface area contributed by atoms with Crippen LogP contribution in [0.5, 0.6) is 5.75 Å². The van der Waals surface area contributed by atoms with Crippen molar-refractivity contribution in [1.29, 1.82) is 0 Å². The highest BCUT2D eigenvalue weighted by atomic mass is 79.9. The second-order valence-corrected chi connectivity index (χ2v) is 8.67. The molecular weight excluding hydrogens is 449 g/mol. The number of fused-ring (bicyclic) bond motifs is 1. The Kier molecular flexibility index (Phi) is 5.71. The van der Waals surface area contributed by atoms with Crippen LogP contribution in [-0.4, -0.2) is 31.5 Å². The van der Waals surface area contributed by atoms with E-state index in [0.717, 1.165) is 35.8 Å². The van der Waals surface area contributed by atoms with E-state index in [-0.39, 0.29) is 16.7 Å². The van der Waals surface area contributed by atoms with E-state index in [0.29, 0.717) is 12.2 Å². The molecule has 0 aliphatic carbocycles. The van der Waals surface area contributed by atoms with Crippen LogP contribution in [0.2, 0.25) is 0 Å². The van der Waals surface area contributed by atoms with Crippen LogP contribution in [0.3, 0.4) is 0 Å². The van der Waals surface area contributed by atoms with Gasteiger partial charge in [0.15, 0.2) is 0 Å². The predicted octanol–water partition coefficient (Wildman–Crippen LogP) is 5.45. The minimum absolute atomic E-state index is 0.0506. The average molecular weight is 471 g/mol. The molecule has 2 aromatic rings. The maximum atomic E-state index is 13.2. The number of amides is 1. The minimum Gasteiger partial charge on any atom is -0.496 e. The van der Waals surface area contributed by atoms with Crippen LogP contribution >= 0.6 is 15.9 Å². The first-order valence-corrected chi connectivity index (χ1v) is 9.80. The summed E-state index contributed by atoms with van der Waals surface area (Å²) in [5.74, 6) is -0.948. The van der Waals surface area contributed by atoms with Crippen LogP contribution in [0.15, 0.2) is 34.8 Å². The molecule has 0 radical (unpaired) electrons. The molecule has 156 valence electrons. The van der Waals surface area contributed by atoms with Crippen molar-refractivity contribution >= 4 is 27.5 Å². The number of carbonyl (C=O) groups is 1. The fraction of sp³-hybridized carbons (Fsp3) is 0.381. The van der Waals surface area contributed by atoms with E-state index in [2.05, 4.69) is 40.0 Å². The second-order valence-electron chi connectivity index (χ2n) is 7.88. The Labute approximate surface area is 176 Å². The summed E-state index contributed by atoms with van der Waals surface area (Å²) in [6.07, 6.45) is -4.62. The summed E-state index contributed by atoms with van der Waals surface area (Å²) in [5.41, 5.74) is 1.63. The zero-order valence-corrected chi connectivity index (χ0v) is 18.2. The zero-order chi connectivity index (χ0) is 21.6. The van der Waals surface area contributed by atoms with Gasteiger partial charge in [0.1, 0.15) is 5.75 Å². The van der Waals surface area contributed by atoms with Gasteiger partial charge >= 0.3 is 6.18 Å². The Balaban J connectivity index is 1.94. The smallest absolute Gasteiger partial charge is 0.419 e. The molecule has 8 heteroatoms. The van der Waals surface area contributed by atoms with Gasteiger partial charge in [-0.2, -0.15) is 13.2 Å². The molecule has 0 fully saturated rings. The third-order valence-corrected chi connectivity index (χ3v) is 5.99. The fourth-order valence-electron chi connectivity index (χ4n) is 3.86. The van der Waals surface area contributed by atoms with Gasteiger partial charge in [-0.1, -0.05) is 19.9 Å². The van der Waals surface area contributed by atoms with Gasteiger partial charge in [0.05, 0.1) is 18.4 Å². The van der Waals surface area contributed by atoms with Gasteiger partial charge in [0.2, 0.25) is 0 Å². The van der Waals surface area contributed by atoms with Crippen molar-refractivity contribution in [2.75, 3.05) is 26.0 Å². The average Bonchev–Trinajstić information content (AvgIpc) is 2.62. The first kappa shape index (κ1) is 21.6. The molecule has 0 saturated carbocycles. The molecule has 1 amide bonds. The lowest BCUT2D eigenvalue weighted by atomic mass is 9.78. The number of benzene rings is 2. The third kappa shape index (κ3) is 4.28. The van der Waals surface area contributed by atoms with Crippen molar-refractivity contribution in [3.05, 3.63) is 57.1 Å². The molecule has 0 saturated heterocycles. The number of alkyl halides is 3. The van der Waals surface area contributed by atoms with Crippen molar-refractivity contribution in [3.63, 3.8) is 0 Å². The Morgan fingerprint density at radius 3 is 2.55 bits per heavy atom. The third-order valence-electron chi connectivity index (χ3n) is 5.08. The molecule has 4 nitrogen and oxygen atoms in total. The van der Waals surface area contributed by atoms with Crippen LogP contribution in [0.1, 0.15) is 40.9 Å². The number of ether oxygens (including phenoxy) is 1. The molecule has 1 aliphatic heterocycles. The summed E-state index contributed by atoms with van der Waals surface area (Å²) in [6.45, 7) is 5.93. The number of rotatable bonds is 3. The van der Waals surface area contributed by atoms with E-state index in [4.69, 9.17) is 4.74 Å². The van der Waals surface area contributed by atoms with Crippen molar-refractivity contribution in [3.8, 4) is 5.75 Å². The van der Waals surface area contributed by atoms with Crippen LogP contribution in [0.25, 0.3) is 0 Å². The lowest BCUT2D eigenvalue weighted by Gasteiger charge is -2.39. The number of hydrogen-bond donors (Lipinski definition) is 1. The molecule has 29 heavy (non-hydrogen) atoms. The number of halogens is 4. The number of anilines is 1. The van der Waals surface area contributed by atoms with Crippen LogP contribution in [-0.2, 0) is 18.1 Å². The highest BCUT2D eigenvalue weighted by molar-refractivity contribution is 9.10. The van der Waals surface area contributed by atoms with E-state index in [1.54, 1.807) is 6.07 Å².